The molecule has 3 rings (SSSR count). The van der Waals surface area contributed by atoms with E-state index in [4.69, 9.17) is 4.74 Å². The molecule has 0 amide bonds. The van der Waals surface area contributed by atoms with E-state index in [-0.39, 0.29) is 0 Å². The Labute approximate surface area is 113 Å². The number of aryl methyl sites for hydroxylation is 1. The smallest absolute Gasteiger partial charge is 0.124 e. The summed E-state index contributed by atoms with van der Waals surface area (Å²) in [6.07, 6.45) is 6.80. The van der Waals surface area contributed by atoms with Crippen LogP contribution in [0.2, 0.25) is 0 Å². The molecule has 1 aliphatic rings. The zero-order valence-corrected chi connectivity index (χ0v) is 10.9. The summed E-state index contributed by atoms with van der Waals surface area (Å²) < 4.78 is 5.66. The average Bonchev–Trinajstić information content (AvgIpc) is 2.97. The van der Waals surface area contributed by atoms with Gasteiger partial charge in [-0.3, -0.25) is 0 Å². The number of nitrogens with one attached hydrogen (secondary N) is 2. The average molecular weight is 257 g/mol. The predicted molar refractivity (Wildman–Crippen MR) is 74.2 cm³/mol. The molecule has 0 spiro atoms. The minimum absolute atomic E-state index is 0.418. The van der Waals surface area contributed by atoms with E-state index in [9.17, 15) is 0 Å². The molecule has 1 aliphatic heterocycles. The molecule has 1 aromatic carbocycles. The Bertz CT molecular complexity index is 510. The summed E-state index contributed by atoms with van der Waals surface area (Å²) >= 11 is 0. The maximum absolute atomic E-state index is 5.66. The molecule has 100 valence electrons. The van der Waals surface area contributed by atoms with Crippen LogP contribution in [-0.2, 0) is 6.42 Å². The van der Waals surface area contributed by atoms with Gasteiger partial charge in [-0.1, -0.05) is 18.2 Å². The summed E-state index contributed by atoms with van der Waals surface area (Å²) in [4.78, 5) is 7.37. The molecule has 1 atom stereocenters. The van der Waals surface area contributed by atoms with Gasteiger partial charge in [0.15, 0.2) is 0 Å². The van der Waals surface area contributed by atoms with E-state index in [0.717, 1.165) is 44.0 Å². The fraction of sp³-hybridized carbons (Fsp3) is 0.400. The first-order chi connectivity index (χ1) is 9.43. The molecule has 4 heteroatoms. The third-order valence-corrected chi connectivity index (χ3v) is 3.49. The Kier molecular flexibility index (Phi) is 3.79. The second kappa shape index (κ2) is 5.89. The number of benzene rings is 1. The van der Waals surface area contributed by atoms with Crippen molar-refractivity contribution < 1.29 is 4.74 Å². The number of ether oxygens (including phenoxy) is 1. The Morgan fingerprint density at radius 1 is 1.37 bits per heavy atom. The highest BCUT2D eigenvalue weighted by atomic mass is 16.5. The van der Waals surface area contributed by atoms with Crippen LogP contribution in [-0.4, -0.2) is 23.1 Å². The number of para-hydroxylation sites is 1. The van der Waals surface area contributed by atoms with Gasteiger partial charge >= 0.3 is 0 Å². The highest BCUT2D eigenvalue weighted by Gasteiger charge is 2.19. The lowest BCUT2D eigenvalue weighted by Crippen LogP contribution is -2.28. The number of rotatable bonds is 5. The monoisotopic (exact) mass is 257 g/mol. The van der Waals surface area contributed by atoms with Crippen molar-refractivity contribution in [1.82, 2.24) is 15.3 Å². The van der Waals surface area contributed by atoms with Gasteiger partial charge in [0, 0.05) is 36.8 Å². The number of hydrogen-bond acceptors (Lipinski definition) is 3. The second-order valence-electron chi connectivity index (χ2n) is 4.82. The molecule has 2 heterocycles. The molecule has 0 aliphatic carbocycles. The number of fused-ring (bicyclic) bond motifs is 1. The quantitative estimate of drug-likeness (QED) is 0.809. The summed E-state index contributed by atoms with van der Waals surface area (Å²) in [6, 6.07) is 8.72. The van der Waals surface area contributed by atoms with E-state index in [2.05, 4.69) is 27.4 Å². The lowest BCUT2D eigenvalue weighted by atomic mass is 10.0. The number of H-pyrrole nitrogens is 1. The standard InChI is InChI=1S/C15H19N3O/c1-2-5-14-12(4-1)13(7-11-19-14)16-8-3-6-15-17-9-10-18-15/h1-2,4-5,9-10,13,16H,3,6-8,11H2,(H,17,18). The molecule has 0 fully saturated rings. The molecule has 4 nitrogen and oxygen atoms in total. The van der Waals surface area contributed by atoms with Gasteiger partial charge in [-0.15, -0.1) is 0 Å². The Morgan fingerprint density at radius 2 is 2.32 bits per heavy atom. The first-order valence-electron chi connectivity index (χ1n) is 6.87. The van der Waals surface area contributed by atoms with Crippen LogP contribution >= 0.6 is 0 Å². The van der Waals surface area contributed by atoms with Gasteiger partial charge in [0.2, 0.25) is 0 Å². The van der Waals surface area contributed by atoms with Crippen LogP contribution in [0.1, 0.15) is 30.3 Å². The van der Waals surface area contributed by atoms with Crippen molar-refractivity contribution in [2.24, 2.45) is 0 Å². The SMILES string of the molecule is c1ccc2c(c1)OCCC2NCCCc1ncc[nH]1. The van der Waals surface area contributed by atoms with Crippen LogP contribution in [0.3, 0.4) is 0 Å². The van der Waals surface area contributed by atoms with Crippen LogP contribution in [0, 0.1) is 0 Å². The lowest BCUT2D eigenvalue weighted by Gasteiger charge is -2.26. The van der Waals surface area contributed by atoms with E-state index >= 15 is 0 Å². The molecule has 1 unspecified atom stereocenters. The molecular formula is C15H19N3O. The van der Waals surface area contributed by atoms with E-state index in [0.29, 0.717) is 6.04 Å². The van der Waals surface area contributed by atoms with Crippen LogP contribution in [0.4, 0.5) is 0 Å². The van der Waals surface area contributed by atoms with Crippen molar-refractivity contribution in [3.05, 3.63) is 48.0 Å². The van der Waals surface area contributed by atoms with Gasteiger partial charge in [-0.25, -0.2) is 4.98 Å². The van der Waals surface area contributed by atoms with Crippen molar-refractivity contribution in [1.29, 1.82) is 0 Å². The van der Waals surface area contributed by atoms with Gasteiger partial charge in [0.1, 0.15) is 11.6 Å². The van der Waals surface area contributed by atoms with Crippen molar-refractivity contribution in [2.45, 2.75) is 25.3 Å². The zero-order valence-electron chi connectivity index (χ0n) is 10.9. The number of aromatic nitrogens is 2. The molecule has 1 aromatic heterocycles. The van der Waals surface area contributed by atoms with Crippen LogP contribution in [0.5, 0.6) is 5.75 Å². The molecule has 0 radical (unpaired) electrons. The largest absolute Gasteiger partial charge is 0.493 e. The molecule has 0 bridgehead atoms. The maximum Gasteiger partial charge on any atom is 0.124 e. The predicted octanol–water partition coefficient (Wildman–Crippen LogP) is 2.46. The fourth-order valence-corrected chi connectivity index (χ4v) is 2.52. The van der Waals surface area contributed by atoms with E-state index in [1.54, 1.807) is 6.20 Å². The minimum Gasteiger partial charge on any atom is -0.493 e. The number of nitrogens with zero attached hydrogens (tertiary/aromatic N) is 1. The minimum atomic E-state index is 0.418. The van der Waals surface area contributed by atoms with Crippen LogP contribution in [0.25, 0.3) is 0 Å². The normalized spacial score (nSPS) is 17.8. The van der Waals surface area contributed by atoms with Crippen molar-refractivity contribution in [3.8, 4) is 5.75 Å². The second-order valence-corrected chi connectivity index (χ2v) is 4.82. The van der Waals surface area contributed by atoms with Gasteiger partial charge in [0.25, 0.3) is 0 Å². The molecular weight excluding hydrogens is 238 g/mol. The van der Waals surface area contributed by atoms with Gasteiger partial charge in [0.05, 0.1) is 6.61 Å². The number of imidazole rings is 1. The van der Waals surface area contributed by atoms with Crippen molar-refractivity contribution in [2.75, 3.05) is 13.2 Å². The number of aromatic amines is 1. The number of hydrogen-bond donors (Lipinski definition) is 2. The fourth-order valence-electron chi connectivity index (χ4n) is 2.52. The first kappa shape index (κ1) is 12.2. The third-order valence-electron chi connectivity index (χ3n) is 3.49. The molecule has 0 saturated heterocycles. The summed E-state index contributed by atoms with van der Waals surface area (Å²) in [5, 5.41) is 3.62. The zero-order chi connectivity index (χ0) is 12.9. The van der Waals surface area contributed by atoms with Crippen LogP contribution in [0.15, 0.2) is 36.7 Å². The highest BCUT2D eigenvalue weighted by molar-refractivity contribution is 5.37. The maximum atomic E-state index is 5.66. The van der Waals surface area contributed by atoms with Crippen molar-refractivity contribution in [3.63, 3.8) is 0 Å². The molecule has 2 N–H and O–H groups in total. The Hall–Kier alpha value is -1.81. The first-order valence-corrected chi connectivity index (χ1v) is 6.87. The van der Waals surface area contributed by atoms with Crippen LogP contribution < -0.4 is 10.1 Å². The summed E-state index contributed by atoms with van der Waals surface area (Å²) in [7, 11) is 0. The van der Waals surface area contributed by atoms with Gasteiger partial charge in [-0.2, -0.15) is 0 Å². The summed E-state index contributed by atoms with van der Waals surface area (Å²) in [6.45, 7) is 1.80. The summed E-state index contributed by atoms with van der Waals surface area (Å²) in [5.74, 6) is 2.09. The highest BCUT2D eigenvalue weighted by Crippen LogP contribution is 2.31. The summed E-state index contributed by atoms with van der Waals surface area (Å²) in [5.41, 5.74) is 1.28. The molecule has 19 heavy (non-hydrogen) atoms. The van der Waals surface area contributed by atoms with Gasteiger partial charge in [-0.05, 0) is 19.0 Å². The van der Waals surface area contributed by atoms with E-state index in [1.807, 2.05) is 18.3 Å². The lowest BCUT2D eigenvalue weighted by molar-refractivity contribution is 0.252. The Morgan fingerprint density at radius 3 is 3.21 bits per heavy atom. The Balaban J connectivity index is 1.51. The van der Waals surface area contributed by atoms with Crippen molar-refractivity contribution >= 4 is 0 Å². The van der Waals surface area contributed by atoms with E-state index in [1.165, 1.54) is 5.56 Å². The molecule has 0 saturated carbocycles. The van der Waals surface area contributed by atoms with E-state index < -0.39 is 0 Å². The molecule has 2 aromatic rings. The topological polar surface area (TPSA) is 49.9 Å². The van der Waals surface area contributed by atoms with Gasteiger partial charge < -0.3 is 15.0 Å². The third kappa shape index (κ3) is 2.96.